The number of hydrogen-bond acceptors (Lipinski definition) is 1. The number of carbonyl (C=O) groups excluding carboxylic acids is 1. The maximum Gasteiger partial charge on any atom is 0.428 e. The van der Waals surface area contributed by atoms with Crippen LogP contribution in [-0.4, -0.2) is 18.6 Å². The van der Waals surface area contributed by atoms with E-state index in [2.05, 4.69) is 0 Å². The zero-order chi connectivity index (χ0) is 16.3. The molecule has 0 radical (unpaired) electrons. The molecule has 6 heteroatoms. The number of hydrogen-bond donors (Lipinski definition) is 1. The van der Waals surface area contributed by atoms with Gasteiger partial charge < -0.3 is 5.32 Å². The van der Waals surface area contributed by atoms with Gasteiger partial charge in [0.1, 0.15) is 0 Å². The summed E-state index contributed by atoms with van der Waals surface area (Å²) in [6, 6.07) is 4.20. The van der Waals surface area contributed by atoms with Gasteiger partial charge in [-0.3, -0.25) is 4.79 Å². The Hall–Kier alpha value is -1.59. The van der Waals surface area contributed by atoms with Crippen molar-refractivity contribution in [3.05, 3.63) is 34.9 Å². The van der Waals surface area contributed by atoms with Gasteiger partial charge in [-0.05, 0) is 24.0 Å². The Bertz CT molecular complexity index is 491. The van der Waals surface area contributed by atoms with Crippen LogP contribution in [0.2, 0.25) is 0 Å². The first kappa shape index (κ1) is 17.5. The second-order valence-electron chi connectivity index (χ2n) is 4.95. The molecule has 0 aliphatic carbocycles. The lowest BCUT2D eigenvalue weighted by atomic mass is 9.90. The molecule has 1 amide bonds. The normalized spacial score (nSPS) is 14.6. The average molecular weight is 305 g/mol. The lowest BCUT2D eigenvalue weighted by Gasteiger charge is -2.29. The lowest BCUT2D eigenvalue weighted by Crippen LogP contribution is -2.47. The largest absolute Gasteiger partial charge is 0.428 e. The molecular weight excluding hydrogens is 286 g/mol. The highest BCUT2D eigenvalue weighted by Gasteiger charge is 2.57. The van der Waals surface area contributed by atoms with E-state index in [1.165, 1.54) is 12.1 Å². The van der Waals surface area contributed by atoms with Crippen LogP contribution in [-0.2, 0) is 23.3 Å². The summed E-state index contributed by atoms with van der Waals surface area (Å²) in [6.07, 6.45) is -4.09. The summed E-state index contributed by atoms with van der Waals surface area (Å²) in [5.41, 5.74) is -2.77. The molecule has 0 aliphatic heterocycles. The van der Waals surface area contributed by atoms with E-state index >= 15 is 0 Å². The fourth-order valence-electron chi connectivity index (χ4n) is 2.01. The van der Waals surface area contributed by atoms with Crippen molar-refractivity contribution in [2.45, 2.75) is 45.5 Å². The molecule has 21 heavy (non-hydrogen) atoms. The predicted octanol–water partition coefficient (Wildman–Crippen LogP) is 3.67. The molecule has 0 bridgehead atoms. The zero-order valence-electron chi connectivity index (χ0n) is 12.3. The first-order chi connectivity index (χ1) is 9.64. The predicted molar refractivity (Wildman–Crippen MR) is 72.7 cm³/mol. The third kappa shape index (κ3) is 3.95. The Balaban J connectivity index is 3.35. The van der Waals surface area contributed by atoms with Crippen molar-refractivity contribution >= 4 is 5.91 Å². The molecule has 1 N–H and O–H groups in total. The minimum atomic E-state index is -5.10. The molecule has 2 nitrogen and oxygen atoms in total. The molecule has 1 atom stereocenters. The molecule has 0 aliphatic rings. The first-order valence-corrected chi connectivity index (χ1v) is 6.77. The summed E-state index contributed by atoms with van der Waals surface area (Å²) in [7, 11) is 0. The summed E-state index contributed by atoms with van der Waals surface area (Å²) < 4.78 is 54.2. The molecule has 0 spiro atoms. The van der Waals surface area contributed by atoms with Crippen LogP contribution in [0, 0.1) is 0 Å². The molecule has 0 heterocycles. The second-order valence-corrected chi connectivity index (χ2v) is 4.95. The number of aryl methyl sites for hydroxylation is 2. The van der Waals surface area contributed by atoms with Crippen LogP contribution < -0.4 is 5.32 Å². The molecule has 1 aromatic carbocycles. The van der Waals surface area contributed by atoms with Crippen molar-refractivity contribution in [1.82, 2.24) is 5.32 Å². The van der Waals surface area contributed by atoms with Crippen LogP contribution in [0.4, 0.5) is 17.6 Å². The standard InChI is InChI=1S/C15H19F4NO/c1-4-11-6-12(5-2)8-13(7-11)14(16,15(17,18)19)9-20-10(3)21/h6-8H,4-5,9H2,1-3H3,(H,20,21)/t14-/m1/s1. The monoisotopic (exact) mass is 305 g/mol. The Kier molecular flexibility index (Phi) is 5.36. The number of carbonyl (C=O) groups is 1. The van der Waals surface area contributed by atoms with Gasteiger partial charge in [0.25, 0.3) is 0 Å². The van der Waals surface area contributed by atoms with E-state index in [0.29, 0.717) is 24.0 Å². The maximum atomic E-state index is 14.7. The van der Waals surface area contributed by atoms with Crippen molar-refractivity contribution in [2.75, 3.05) is 6.54 Å². The van der Waals surface area contributed by atoms with E-state index in [9.17, 15) is 22.4 Å². The van der Waals surface area contributed by atoms with Gasteiger partial charge in [0.15, 0.2) is 0 Å². The number of rotatable bonds is 5. The third-order valence-electron chi connectivity index (χ3n) is 3.36. The van der Waals surface area contributed by atoms with Gasteiger partial charge >= 0.3 is 6.18 Å². The minimum absolute atomic E-state index is 0.458. The fourth-order valence-corrected chi connectivity index (χ4v) is 2.01. The maximum absolute atomic E-state index is 14.7. The Morgan fingerprint density at radius 1 is 1.05 bits per heavy atom. The molecule has 0 aromatic heterocycles. The number of halogens is 4. The van der Waals surface area contributed by atoms with Gasteiger partial charge in [0.2, 0.25) is 11.6 Å². The summed E-state index contributed by atoms with van der Waals surface area (Å²) in [5, 5.41) is 1.93. The molecule has 0 saturated heterocycles. The van der Waals surface area contributed by atoms with Crippen LogP contribution in [0.15, 0.2) is 18.2 Å². The molecule has 1 rings (SSSR count). The fraction of sp³-hybridized carbons (Fsp3) is 0.533. The first-order valence-electron chi connectivity index (χ1n) is 6.77. The van der Waals surface area contributed by atoms with Gasteiger partial charge in [0.05, 0.1) is 6.54 Å². The van der Waals surface area contributed by atoms with E-state index in [1.54, 1.807) is 19.9 Å². The second kappa shape index (κ2) is 6.45. The van der Waals surface area contributed by atoms with E-state index in [0.717, 1.165) is 6.92 Å². The van der Waals surface area contributed by atoms with E-state index in [4.69, 9.17) is 0 Å². The molecule has 0 saturated carbocycles. The van der Waals surface area contributed by atoms with Crippen molar-refractivity contribution in [3.8, 4) is 0 Å². The van der Waals surface area contributed by atoms with Gasteiger partial charge in [-0.1, -0.05) is 32.0 Å². The van der Waals surface area contributed by atoms with Gasteiger partial charge in [-0.2, -0.15) is 13.2 Å². The summed E-state index contributed by atoms with van der Waals surface area (Å²) in [6.45, 7) is 3.51. The lowest BCUT2D eigenvalue weighted by molar-refractivity contribution is -0.233. The zero-order valence-corrected chi connectivity index (χ0v) is 12.3. The van der Waals surface area contributed by atoms with E-state index in [1.807, 2.05) is 5.32 Å². The Morgan fingerprint density at radius 2 is 1.52 bits per heavy atom. The van der Waals surface area contributed by atoms with Crippen LogP contribution in [0.1, 0.15) is 37.5 Å². The highest BCUT2D eigenvalue weighted by atomic mass is 19.4. The molecule has 0 fully saturated rings. The van der Waals surface area contributed by atoms with Crippen LogP contribution in [0.25, 0.3) is 0 Å². The van der Waals surface area contributed by atoms with E-state index < -0.39 is 29.9 Å². The number of benzene rings is 1. The van der Waals surface area contributed by atoms with Crippen molar-refractivity contribution in [2.24, 2.45) is 0 Å². The highest BCUT2D eigenvalue weighted by Crippen LogP contribution is 2.42. The van der Waals surface area contributed by atoms with E-state index in [-0.39, 0.29) is 0 Å². The van der Waals surface area contributed by atoms with Gasteiger partial charge in [0, 0.05) is 12.5 Å². The van der Waals surface area contributed by atoms with Gasteiger partial charge in [-0.15, -0.1) is 0 Å². The Labute approximate surface area is 121 Å². The topological polar surface area (TPSA) is 29.1 Å². The smallest absolute Gasteiger partial charge is 0.352 e. The number of nitrogens with one attached hydrogen (secondary N) is 1. The summed E-state index contributed by atoms with van der Waals surface area (Å²) in [4.78, 5) is 10.8. The molecular formula is C15H19F4NO. The molecule has 118 valence electrons. The minimum Gasteiger partial charge on any atom is -0.352 e. The van der Waals surface area contributed by atoms with Crippen LogP contribution in [0.5, 0.6) is 0 Å². The Morgan fingerprint density at radius 3 is 1.86 bits per heavy atom. The summed E-state index contributed by atoms with van der Waals surface area (Å²) in [5.74, 6) is -0.705. The van der Waals surface area contributed by atoms with Crippen LogP contribution >= 0.6 is 0 Å². The van der Waals surface area contributed by atoms with Crippen molar-refractivity contribution in [3.63, 3.8) is 0 Å². The SMILES string of the molecule is CCc1cc(CC)cc([C@](F)(CNC(C)=O)C(F)(F)F)c1. The van der Waals surface area contributed by atoms with Crippen molar-refractivity contribution in [1.29, 1.82) is 0 Å². The third-order valence-corrected chi connectivity index (χ3v) is 3.36. The summed E-state index contributed by atoms with van der Waals surface area (Å²) >= 11 is 0. The number of amides is 1. The average Bonchev–Trinajstić information content (AvgIpc) is 2.42. The number of alkyl halides is 4. The van der Waals surface area contributed by atoms with Crippen molar-refractivity contribution < 1.29 is 22.4 Å². The molecule has 1 aromatic rings. The van der Waals surface area contributed by atoms with Gasteiger partial charge in [-0.25, -0.2) is 4.39 Å². The molecule has 0 unspecified atom stereocenters. The highest BCUT2D eigenvalue weighted by molar-refractivity contribution is 5.73. The van der Waals surface area contributed by atoms with Crippen LogP contribution in [0.3, 0.4) is 0 Å². The quantitative estimate of drug-likeness (QED) is 0.826.